The molecule has 2 heterocycles. The number of hydrogen-bond acceptors (Lipinski definition) is 3. The minimum Gasteiger partial charge on any atom is -0.481 e. The van der Waals surface area contributed by atoms with Crippen molar-refractivity contribution in [1.29, 1.82) is 0 Å². The molecule has 0 fully saturated rings. The lowest BCUT2D eigenvalue weighted by Crippen LogP contribution is -2.18. The van der Waals surface area contributed by atoms with E-state index in [1.807, 2.05) is 0 Å². The van der Waals surface area contributed by atoms with E-state index in [0.717, 1.165) is 31.0 Å². The van der Waals surface area contributed by atoms with Crippen LogP contribution < -0.4 is 10.1 Å². The van der Waals surface area contributed by atoms with Crippen LogP contribution in [-0.4, -0.2) is 25.2 Å². The Morgan fingerprint density at radius 3 is 3.07 bits per heavy atom. The third-order valence-corrected chi connectivity index (χ3v) is 2.99. The van der Waals surface area contributed by atoms with E-state index < -0.39 is 0 Å². The molecule has 2 rings (SSSR count). The molecule has 15 heavy (non-hydrogen) atoms. The first-order valence-electron chi connectivity index (χ1n) is 5.47. The molecule has 0 saturated carbocycles. The monoisotopic (exact) mass is 206 g/mol. The largest absolute Gasteiger partial charge is 0.481 e. The highest BCUT2D eigenvalue weighted by molar-refractivity contribution is 5.36. The number of fused-ring (bicyclic) bond motifs is 1. The van der Waals surface area contributed by atoms with Gasteiger partial charge in [0.25, 0.3) is 0 Å². The summed E-state index contributed by atoms with van der Waals surface area (Å²) >= 11 is 0. The molecule has 3 nitrogen and oxygen atoms in total. The molecule has 1 aromatic rings. The minimum absolute atomic E-state index is 0.541. The van der Waals surface area contributed by atoms with E-state index in [-0.39, 0.29) is 0 Å². The maximum atomic E-state index is 5.26. The number of rotatable bonds is 1. The van der Waals surface area contributed by atoms with Crippen LogP contribution >= 0.6 is 0 Å². The average molecular weight is 206 g/mol. The predicted molar refractivity (Wildman–Crippen MR) is 60.5 cm³/mol. The highest BCUT2D eigenvalue weighted by Crippen LogP contribution is 2.26. The van der Waals surface area contributed by atoms with Gasteiger partial charge in [-0.3, -0.25) is 0 Å². The molecule has 1 atom stereocenters. The second-order valence-electron chi connectivity index (χ2n) is 4.21. The van der Waals surface area contributed by atoms with Crippen LogP contribution in [0.5, 0.6) is 5.88 Å². The summed E-state index contributed by atoms with van der Waals surface area (Å²) in [6.07, 6.45) is 0.996. The van der Waals surface area contributed by atoms with Crippen LogP contribution in [0.3, 0.4) is 0 Å². The van der Waals surface area contributed by atoms with Crippen LogP contribution in [0, 0.1) is 6.92 Å². The Labute approximate surface area is 90.9 Å². The lowest BCUT2D eigenvalue weighted by molar-refractivity contribution is 0.392. The van der Waals surface area contributed by atoms with Crippen molar-refractivity contribution in [2.75, 3.05) is 20.2 Å². The molecule has 0 bridgehead atoms. The zero-order chi connectivity index (χ0) is 10.8. The maximum Gasteiger partial charge on any atom is 0.216 e. The lowest BCUT2D eigenvalue weighted by Gasteiger charge is -2.14. The zero-order valence-electron chi connectivity index (χ0n) is 9.63. The molecule has 1 aliphatic rings. The fraction of sp³-hybridized carbons (Fsp3) is 0.583. The number of aryl methyl sites for hydroxylation is 1. The molecular weight excluding hydrogens is 188 g/mol. The van der Waals surface area contributed by atoms with Gasteiger partial charge in [-0.15, -0.1) is 0 Å². The van der Waals surface area contributed by atoms with E-state index in [4.69, 9.17) is 4.74 Å². The van der Waals surface area contributed by atoms with Crippen LogP contribution in [0.15, 0.2) is 6.07 Å². The van der Waals surface area contributed by atoms with Gasteiger partial charge in [0, 0.05) is 30.8 Å². The minimum atomic E-state index is 0.541. The molecule has 1 unspecified atom stereocenters. The first-order chi connectivity index (χ1) is 7.22. The molecule has 3 heteroatoms. The molecule has 82 valence electrons. The summed E-state index contributed by atoms with van der Waals surface area (Å²) in [7, 11) is 1.68. The predicted octanol–water partition coefficient (Wildman–Crippen LogP) is 1.65. The van der Waals surface area contributed by atoms with Gasteiger partial charge in [0.05, 0.1) is 7.11 Å². The van der Waals surface area contributed by atoms with Crippen molar-refractivity contribution in [3.05, 3.63) is 22.9 Å². The smallest absolute Gasteiger partial charge is 0.216 e. The van der Waals surface area contributed by atoms with Gasteiger partial charge in [0.15, 0.2) is 0 Å². The second-order valence-corrected chi connectivity index (χ2v) is 4.21. The summed E-state index contributed by atoms with van der Waals surface area (Å²) in [5.41, 5.74) is 3.69. The van der Waals surface area contributed by atoms with Crippen LogP contribution in [0.2, 0.25) is 0 Å². The summed E-state index contributed by atoms with van der Waals surface area (Å²) in [5.74, 6) is 1.31. The molecule has 1 N–H and O–H groups in total. The van der Waals surface area contributed by atoms with Crippen molar-refractivity contribution < 1.29 is 4.74 Å². The van der Waals surface area contributed by atoms with Crippen molar-refractivity contribution in [3.63, 3.8) is 0 Å². The quantitative estimate of drug-likeness (QED) is 0.758. The number of methoxy groups -OCH3 is 1. The first-order valence-corrected chi connectivity index (χ1v) is 5.47. The van der Waals surface area contributed by atoms with Crippen molar-refractivity contribution >= 4 is 0 Å². The lowest BCUT2D eigenvalue weighted by atomic mass is 9.98. The van der Waals surface area contributed by atoms with Crippen LogP contribution in [0.25, 0.3) is 0 Å². The van der Waals surface area contributed by atoms with Crippen molar-refractivity contribution in [2.24, 2.45) is 0 Å². The fourth-order valence-corrected chi connectivity index (χ4v) is 2.12. The Kier molecular flexibility index (Phi) is 2.91. The van der Waals surface area contributed by atoms with E-state index in [1.54, 1.807) is 7.11 Å². The normalized spacial score (nSPS) is 20.6. The van der Waals surface area contributed by atoms with Gasteiger partial charge in [0.2, 0.25) is 5.88 Å². The standard InChI is InChI=1S/C12H18N2O/c1-8-6-10-9(2)7-13-5-4-11(10)14-12(8)15-3/h6,9,13H,4-5,7H2,1-3H3. The molecule has 0 saturated heterocycles. The Morgan fingerprint density at radius 1 is 1.53 bits per heavy atom. The first kappa shape index (κ1) is 10.4. The highest BCUT2D eigenvalue weighted by atomic mass is 16.5. The summed E-state index contributed by atoms with van der Waals surface area (Å²) in [6, 6.07) is 2.22. The number of pyridine rings is 1. The van der Waals surface area contributed by atoms with Gasteiger partial charge >= 0.3 is 0 Å². The zero-order valence-corrected chi connectivity index (χ0v) is 9.63. The van der Waals surface area contributed by atoms with Crippen LogP contribution in [0.1, 0.15) is 29.7 Å². The Morgan fingerprint density at radius 2 is 2.33 bits per heavy atom. The summed E-state index contributed by atoms with van der Waals surface area (Å²) in [5, 5.41) is 3.42. The summed E-state index contributed by atoms with van der Waals surface area (Å²) in [4.78, 5) is 4.58. The third-order valence-electron chi connectivity index (χ3n) is 2.99. The molecular formula is C12H18N2O. The van der Waals surface area contributed by atoms with Gasteiger partial charge in [-0.2, -0.15) is 0 Å². The van der Waals surface area contributed by atoms with Gasteiger partial charge in [-0.1, -0.05) is 6.92 Å². The number of aromatic nitrogens is 1. The topological polar surface area (TPSA) is 34.1 Å². The molecule has 1 aliphatic heterocycles. The van der Waals surface area contributed by atoms with Crippen molar-refractivity contribution in [1.82, 2.24) is 10.3 Å². The van der Waals surface area contributed by atoms with Gasteiger partial charge in [-0.05, 0) is 24.5 Å². The van der Waals surface area contributed by atoms with Gasteiger partial charge < -0.3 is 10.1 Å². The molecule has 1 aromatic heterocycles. The Balaban J connectivity index is 2.46. The maximum absolute atomic E-state index is 5.26. The van der Waals surface area contributed by atoms with E-state index in [0.29, 0.717) is 5.92 Å². The fourth-order valence-electron chi connectivity index (χ4n) is 2.12. The molecule has 0 aliphatic carbocycles. The third kappa shape index (κ3) is 1.97. The second kappa shape index (κ2) is 4.19. The van der Waals surface area contributed by atoms with E-state index >= 15 is 0 Å². The number of nitrogens with one attached hydrogen (secondary N) is 1. The SMILES string of the molecule is COc1nc2c(cc1C)C(C)CNCC2. The van der Waals surface area contributed by atoms with E-state index in [9.17, 15) is 0 Å². The molecule has 0 spiro atoms. The summed E-state index contributed by atoms with van der Waals surface area (Å²) in [6.45, 7) is 6.35. The number of hydrogen-bond donors (Lipinski definition) is 1. The average Bonchev–Trinajstić information content (AvgIpc) is 2.40. The number of nitrogens with zero attached hydrogens (tertiary/aromatic N) is 1. The van der Waals surface area contributed by atoms with Crippen molar-refractivity contribution in [2.45, 2.75) is 26.2 Å². The Hall–Kier alpha value is -1.09. The summed E-state index contributed by atoms with van der Waals surface area (Å²) < 4.78 is 5.26. The molecule has 0 amide bonds. The van der Waals surface area contributed by atoms with Gasteiger partial charge in [-0.25, -0.2) is 4.98 Å². The van der Waals surface area contributed by atoms with Gasteiger partial charge in [0.1, 0.15) is 0 Å². The van der Waals surface area contributed by atoms with E-state index in [2.05, 4.69) is 30.2 Å². The Bertz CT molecular complexity index is 363. The molecule has 0 aromatic carbocycles. The van der Waals surface area contributed by atoms with Crippen LogP contribution in [-0.2, 0) is 6.42 Å². The van der Waals surface area contributed by atoms with Crippen molar-refractivity contribution in [3.8, 4) is 5.88 Å². The van der Waals surface area contributed by atoms with Crippen LogP contribution in [0.4, 0.5) is 0 Å². The number of ether oxygens (including phenoxy) is 1. The molecule has 0 radical (unpaired) electrons. The van der Waals surface area contributed by atoms with E-state index in [1.165, 1.54) is 11.3 Å². The highest BCUT2D eigenvalue weighted by Gasteiger charge is 2.17.